The van der Waals surface area contributed by atoms with E-state index >= 15 is 0 Å². The maximum absolute atomic E-state index is 9.05. The van der Waals surface area contributed by atoms with Crippen LogP contribution in [0.25, 0.3) is 0 Å². The second-order valence-corrected chi connectivity index (χ2v) is 2.83. The molecule has 0 aromatic rings. The third-order valence-electron chi connectivity index (χ3n) is 0. The van der Waals surface area contributed by atoms with Gasteiger partial charge in [0.1, 0.15) is 0 Å². The molecule has 0 aliphatic rings. The van der Waals surface area contributed by atoms with Crippen LogP contribution in [0.3, 0.4) is 0 Å². The van der Waals surface area contributed by atoms with E-state index in [0.29, 0.717) is 0 Å². The number of rotatable bonds is 0. The van der Waals surface area contributed by atoms with E-state index in [0.717, 1.165) is 0 Å². The number of carbonyl (C=O) groups is 1. The number of hydrogen-bond donors (Lipinski definition) is 3. The standard InChI is InChI=1S/CH2O2.2K.H2O3S2.2H/c2-1-3;;;1-5(2,3)4;;/h1H,(H,2,3);;;(H2,1,2,3,4);;. The van der Waals surface area contributed by atoms with E-state index in [1.165, 1.54) is 0 Å². The molecule has 0 saturated carbocycles. The zero-order valence-electron chi connectivity index (χ0n) is 3.55. The third-order valence-corrected chi connectivity index (χ3v) is 0. The number of hydrogen-bond acceptors (Lipinski definition) is 3. The fourth-order valence-electron chi connectivity index (χ4n) is 0. The first-order valence-corrected chi connectivity index (χ1v) is 3.68. The van der Waals surface area contributed by atoms with Gasteiger partial charge in [0.15, 0.2) is 0 Å². The first-order chi connectivity index (χ1) is 3.41. The zero-order chi connectivity index (χ0) is 7.21. The van der Waals surface area contributed by atoms with Crippen molar-refractivity contribution in [1.29, 1.82) is 0 Å². The average molecular weight is 240 g/mol. The van der Waals surface area contributed by atoms with Crippen LogP contribution in [0, 0.1) is 0 Å². The maximum atomic E-state index is 9.05. The molecular formula is CH6K2O5S2. The van der Waals surface area contributed by atoms with Gasteiger partial charge in [-0.1, -0.05) is 0 Å². The van der Waals surface area contributed by atoms with Crippen molar-refractivity contribution in [2.75, 3.05) is 0 Å². The molecule has 0 spiro atoms. The molecule has 5 nitrogen and oxygen atoms in total. The summed E-state index contributed by atoms with van der Waals surface area (Å²) in [7, 11) is -3.97. The summed E-state index contributed by atoms with van der Waals surface area (Å²) in [4.78, 5) is 8.36. The van der Waals surface area contributed by atoms with Crippen molar-refractivity contribution in [3.63, 3.8) is 0 Å². The fourth-order valence-corrected chi connectivity index (χ4v) is 0. The molecule has 0 unspecified atom stereocenters. The molecule has 9 heteroatoms. The summed E-state index contributed by atoms with van der Waals surface area (Å²) in [5.41, 5.74) is 0. The van der Waals surface area contributed by atoms with Crippen molar-refractivity contribution in [3.8, 4) is 0 Å². The van der Waals surface area contributed by atoms with Crippen molar-refractivity contribution < 1.29 is 22.9 Å². The van der Waals surface area contributed by atoms with Crippen LogP contribution >= 0.6 is 11.7 Å². The molecule has 0 radical (unpaired) electrons. The average Bonchev–Trinajstić information content (AvgIpc) is 1.27. The predicted molar refractivity (Wildman–Crippen MR) is 43.5 cm³/mol. The van der Waals surface area contributed by atoms with Crippen molar-refractivity contribution in [1.82, 2.24) is 0 Å². The summed E-state index contributed by atoms with van der Waals surface area (Å²) in [6.07, 6.45) is 0. The molecule has 2 N–H and O–H groups in total. The Hall–Kier alpha value is 3.00. The van der Waals surface area contributed by atoms with Gasteiger partial charge in [0.2, 0.25) is 0 Å². The minimum atomic E-state index is -3.97. The van der Waals surface area contributed by atoms with Crippen LogP contribution in [0.2, 0.25) is 0 Å². The summed E-state index contributed by atoms with van der Waals surface area (Å²) in [5.74, 6) is 0. The SMILES string of the molecule is O=CO.O=S(=O)(O)S.[KH].[KH]. The molecule has 0 bridgehead atoms. The van der Waals surface area contributed by atoms with Crippen LogP contribution in [0.5, 0.6) is 0 Å². The first kappa shape index (κ1) is 23.1. The van der Waals surface area contributed by atoms with Crippen LogP contribution in [0.4, 0.5) is 0 Å². The summed E-state index contributed by atoms with van der Waals surface area (Å²) in [6.45, 7) is -0.250. The molecule has 0 saturated heterocycles. The van der Waals surface area contributed by atoms with Gasteiger partial charge in [0.05, 0.1) is 0 Å². The van der Waals surface area contributed by atoms with Gasteiger partial charge in [-0.2, -0.15) is 8.42 Å². The van der Waals surface area contributed by atoms with Crippen molar-refractivity contribution in [2.45, 2.75) is 0 Å². The van der Waals surface area contributed by atoms with Crippen molar-refractivity contribution >= 4 is 130 Å². The fraction of sp³-hybridized carbons (Fsp3) is 0. The molecule has 0 aliphatic carbocycles. The predicted octanol–water partition coefficient (Wildman–Crippen LogP) is -1.88. The van der Waals surface area contributed by atoms with Gasteiger partial charge >= 0.3 is 112 Å². The molecule has 10 heavy (non-hydrogen) atoms. The number of thiol groups is 1. The molecular weight excluding hydrogens is 234 g/mol. The van der Waals surface area contributed by atoms with Gasteiger partial charge in [-0.3, -0.25) is 9.35 Å². The van der Waals surface area contributed by atoms with E-state index in [1.807, 2.05) is 0 Å². The Morgan fingerprint density at radius 3 is 1.30 bits per heavy atom. The van der Waals surface area contributed by atoms with Gasteiger partial charge in [-0.05, 0) is 11.7 Å². The van der Waals surface area contributed by atoms with E-state index in [1.54, 1.807) is 0 Å². The van der Waals surface area contributed by atoms with Crippen molar-refractivity contribution in [2.24, 2.45) is 0 Å². The van der Waals surface area contributed by atoms with Crippen LogP contribution in [-0.2, 0) is 13.9 Å². The molecule has 0 atom stereocenters. The second-order valence-electron chi connectivity index (χ2n) is 0.553. The first-order valence-electron chi connectivity index (χ1n) is 1.19. The van der Waals surface area contributed by atoms with Gasteiger partial charge in [0, 0.05) is 0 Å². The summed E-state index contributed by atoms with van der Waals surface area (Å²) in [6, 6.07) is 0. The Labute approximate surface area is 149 Å². The van der Waals surface area contributed by atoms with Gasteiger partial charge < -0.3 is 5.11 Å². The van der Waals surface area contributed by atoms with Crippen LogP contribution < -0.4 is 0 Å². The Morgan fingerprint density at radius 2 is 1.30 bits per heavy atom. The van der Waals surface area contributed by atoms with Gasteiger partial charge in [0.25, 0.3) is 6.47 Å². The van der Waals surface area contributed by atoms with E-state index in [4.69, 9.17) is 22.9 Å². The Balaban J connectivity index is -0.0000000326. The van der Waals surface area contributed by atoms with Gasteiger partial charge in [-0.15, -0.1) is 0 Å². The second kappa shape index (κ2) is 14.5. The quantitative estimate of drug-likeness (QED) is 0.152. The molecule has 0 fully saturated rings. The molecule has 0 aliphatic heterocycles. The topological polar surface area (TPSA) is 91.7 Å². The third kappa shape index (κ3) is 122. The van der Waals surface area contributed by atoms with E-state index in [9.17, 15) is 0 Å². The molecule has 54 valence electrons. The normalized spacial score (nSPS) is 7.00. The Kier molecular flexibility index (Phi) is 33.6. The monoisotopic (exact) mass is 240 g/mol. The van der Waals surface area contributed by atoms with Gasteiger partial charge in [-0.25, -0.2) is 0 Å². The molecule has 0 aromatic carbocycles. The van der Waals surface area contributed by atoms with Crippen LogP contribution in [0.1, 0.15) is 0 Å². The molecule has 0 rings (SSSR count). The van der Waals surface area contributed by atoms with E-state index in [2.05, 4.69) is 11.7 Å². The van der Waals surface area contributed by atoms with E-state index < -0.39 is 9.15 Å². The summed E-state index contributed by atoms with van der Waals surface area (Å²) in [5, 5.41) is 6.89. The molecule has 0 aromatic heterocycles. The van der Waals surface area contributed by atoms with E-state index in [-0.39, 0.29) is 109 Å². The van der Waals surface area contributed by atoms with Crippen molar-refractivity contribution in [3.05, 3.63) is 0 Å². The number of carboxylic acid groups (broad SMARTS) is 1. The van der Waals surface area contributed by atoms with Crippen LogP contribution in [0.15, 0.2) is 0 Å². The minimum absolute atomic E-state index is 0. The molecule has 0 amide bonds. The molecule has 0 heterocycles. The summed E-state index contributed by atoms with van der Waals surface area (Å²) < 4.78 is 25.5. The zero-order valence-corrected chi connectivity index (χ0v) is 5.26. The Morgan fingerprint density at radius 1 is 1.30 bits per heavy atom. The summed E-state index contributed by atoms with van der Waals surface area (Å²) >= 11 is 2.65. The Bertz CT molecular complexity index is 132. The van der Waals surface area contributed by atoms with Crippen LogP contribution in [-0.4, -0.2) is 127 Å².